The van der Waals surface area contributed by atoms with Crippen LogP contribution in [0.2, 0.25) is 0 Å². The summed E-state index contributed by atoms with van der Waals surface area (Å²) in [4.78, 5) is 20.4. The van der Waals surface area contributed by atoms with Gasteiger partial charge in [0.25, 0.3) is 0 Å². The molecule has 0 atom stereocenters. The van der Waals surface area contributed by atoms with Gasteiger partial charge in [-0.05, 0) is 30.4 Å². The number of hydrogen-bond acceptors (Lipinski definition) is 6. The van der Waals surface area contributed by atoms with Gasteiger partial charge in [0, 0.05) is 11.8 Å². The van der Waals surface area contributed by atoms with Gasteiger partial charge in [-0.25, -0.2) is 4.98 Å². The van der Waals surface area contributed by atoms with E-state index in [0.29, 0.717) is 5.65 Å². The fourth-order valence-corrected chi connectivity index (χ4v) is 3.00. The van der Waals surface area contributed by atoms with Gasteiger partial charge in [-0.1, -0.05) is 0 Å². The number of hydrogen-bond donors (Lipinski definition) is 0. The summed E-state index contributed by atoms with van der Waals surface area (Å²) in [6, 6.07) is 0.125. The third-order valence-corrected chi connectivity index (χ3v) is 4.27. The Morgan fingerprint density at radius 2 is 2.15 bits per heavy atom. The van der Waals surface area contributed by atoms with E-state index in [2.05, 4.69) is 34.3 Å². The minimum absolute atomic E-state index is 0.125. The van der Waals surface area contributed by atoms with Crippen molar-refractivity contribution in [2.45, 2.75) is 20.8 Å². The molecule has 6 nitrogen and oxygen atoms in total. The minimum Gasteiger partial charge on any atom is -0.391 e. The summed E-state index contributed by atoms with van der Waals surface area (Å²) in [5.74, 6) is -0.440. The van der Waals surface area contributed by atoms with Crippen LogP contribution in [0.4, 0.5) is 0 Å². The average molecular weight is 288 g/mol. The Bertz CT molecular complexity index is 806. The topological polar surface area (TPSA) is 69.4 Å². The van der Waals surface area contributed by atoms with Crippen LogP contribution in [-0.4, -0.2) is 25.6 Å². The summed E-state index contributed by atoms with van der Waals surface area (Å²) in [5.41, 5.74) is 3.98. The number of nitrogens with zero attached hydrogens (tertiary/aromatic N) is 4. The van der Waals surface area contributed by atoms with Crippen molar-refractivity contribution in [1.29, 1.82) is 0 Å². The number of carbonyl (C=O) groups excluding carboxylic acids is 1. The number of fused-ring (bicyclic) bond motifs is 1. The minimum atomic E-state index is -0.440. The summed E-state index contributed by atoms with van der Waals surface area (Å²) in [5, 5.41) is 6.32. The highest BCUT2D eigenvalue weighted by Crippen LogP contribution is 2.34. The Morgan fingerprint density at radius 3 is 2.80 bits per heavy atom. The first-order valence-electron chi connectivity index (χ1n) is 6.00. The van der Waals surface area contributed by atoms with Gasteiger partial charge in [0.2, 0.25) is 0 Å². The predicted molar refractivity (Wildman–Crippen MR) is 74.9 cm³/mol. The fraction of sp³-hybridized carbons (Fsp3) is 0.231. The molecule has 0 N–H and O–H groups in total. The Labute approximate surface area is 119 Å². The second kappa shape index (κ2) is 4.68. The molecule has 0 amide bonds. The van der Waals surface area contributed by atoms with Crippen LogP contribution in [0, 0.1) is 13.8 Å². The van der Waals surface area contributed by atoms with Crippen LogP contribution >= 0.6 is 11.3 Å². The highest BCUT2D eigenvalue weighted by molar-refractivity contribution is 7.14. The third-order valence-electron chi connectivity index (χ3n) is 3.04. The molecule has 0 aliphatic heterocycles. The van der Waals surface area contributed by atoms with Crippen molar-refractivity contribution in [3.63, 3.8) is 0 Å². The molecule has 0 spiro atoms. The van der Waals surface area contributed by atoms with Gasteiger partial charge in [0.15, 0.2) is 5.65 Å². The van der Waals surface area contributed by atoms with Gasteiger partial charge in [-0.15, -0.1) is 11.3 Å². The molecule has 7 heteroatoms. The van der Waals surface area contributed by atoms with Gasteiger partial charge < -0.3 is 4.74 Å². The summed E-state index contributed by atoms with van der Waals surface area (Å²) in [7, 11) is 0. The van der Waals surface area contributed by atoms with Crippen LogP contribution < -0.4 is 4.74 Å². The average Bonchev–Trinajstić information content (AvgIpc) is 2.95. The first-order valence-corrected chi connectivity index (χ1v) is 6.88. The van der Waals surface area contributed by atoms with E-state index in [9.17, 15) is 4.79 Å². The zero-order valence-electron chi connectivity index (χ0n) is 11.2. The lowest BCUT2D eigenvalue weighted by atomic mass is 10.1. The number of carbonyl (C=O) groups is 1. The number of thiophene rings is 1. The molecule has 0 unspecified atom stereocenters. The zero-order chi connectivity index (χ0) is 14.3. The van der Waals surface area contributed by atoms with Gasteiger partial charge in [0.05, 0.1) is 11.8 Å². The van der Waals surface area contributed by atoms with Gasteiger partial charge in [-0.2, -0.15) is 14.6 Å². The van der Waals surface area contributed by atoms with Crippen LogP contribution in [0.3, 0.4) is 0 Å². The second-order valence-electron chi connectivity index (χ2n) is 4.42. The molecule has 20 heavy (non-hydrogen) atoms. The van der Waals surface area contributed by atoms with E-state index >= 15 is 0 Å². The molecule has 3 aromatic rings. The van der Waals surface area contributed by atoms with E-state index in [0.717, 1.165) is 10.4 Å². The lowest BCUT2D eigenvalue weighted by Crippen LogP contribution is -2.08. The quantitative estimate of drug-likeness (QED) is 0.677. The Kier molecular flexibility index (Phi) is 2.98. The smallest absolute Gasteiger partial charge is 0.328 e. The molecule has 102 valence electrons. The van der Waals surface area contributed by atoms with E-state index in [1.165, 1.54) is 28.9 Å². The maximum Gasteiger partial charge on any atom is 0.328 e. The van der Waals surface area contributed by atoms with Crippen molar-refractivity contribution in [3.05, 3.63) is 29.0 Å². The fourth-order valence-electron chi connectivity index (χ4n) is 1.92. The molecule has 0 saturated heterocycles. The zero-order valence-corrected chi connectivity index (χ0v) is 12.1. The molecule has 0 saturated carbocycles. The van der Waals surface area contributed by atoms with Crippen LogP contribution in [-0.2, 0) is 4.79 Å². The van der Waals surface area contributed by atoms with E-state index in [1.807, 2.05) is 0 Å². The highest BCUT2D eigenvalue weighted by atomic mass is 32.1. The SMILES string of the molecule is CC(=O)Oc1ncnc2c(-c3scc(C)c3C)cnn12. The number of esters is 1. The van der Waals surface area contributed by atoms with Crippen LogP contribution in [0.1, 0.15) is 18.1 Å². The van der Waals surface area contributed by atoms with E-state index in [4.69, 9.17) is 4.74 Å². The standard InChI is InChI=1S/C13H12N4O2S/c1-7-5-20-11(8(7)2)10-4-16-17-12(10)14-6-15-13(17)19-9(3)18/h4-6H,1-3H3. The van der Waals surface area contributed by atoms with Crippen LogP contribution in [0.15, 0.2) is 17.9 Å². The van der Waals surface area contributed by atoms with Crippen molar-refractivity contribution in [1.82, 2.24) is 19.6 Å². The lowest BCUT2D eigenvalue weighted by Gasteiger charge is -2.02. The summed E-state index contributed by atoms with van der Waals surface area (Å²) in [6.45, 7) is 5.46. The second-order valence-corrected chi connectivity index (χ2v) is 5.30. The maximum atomic E-state index is 11.1. The Morgan fingerprint density at radius 1 is 1.35 bits per heavy atom. The molecule has 0 aliphatic rings. The van der Waals surface area contributed by atoms with Crippen molar-refractivity contribution in [3.8, 4) is 16.5 Å². The number of rotatable bonds is 2. The third kappa shape index (κ3) is 1.96. The van der Waals surface area contributed by atoms with Crippen molar-refractivity contribution in [2.24, 2.45) is 0 Å². The van der Waals surface area contributed by atoms with Crippen LogP contribution in [0.5, 0.6) is 6.01 Å². The Hall–Kier alpha value is -2.28. The molecular formula is C13H12N4O2S. The molecular weight excluding hydrogens is 276 g/mol. The van der Waals surface area contributed by atoms with Crippen molar-refractivity contribution in [2.75, 3.05) is 0 Å². The molecule has 3 rings (SSSR count). The highest BCUT2D eigenvalue weighted by Gasteiger charge is 2.16. The van der Waals surface area contributed by atoms with Crippen LogP contribution in [0.25, 0.3) is 16.1 Å². The van der Waals surface area contributed by atoms with Crippen molar-refractivity contribution < 1.29 is 9.53 Å². The molecule has 3 heterocycles. The first kappa shape index (κ1) is 12.7. The molecule has 0 bridgehead atoms. The normalized spacial score (nSPS) is 10.9. The molecule has 0 radical (unpaired) electrons. The van der Waals surface area contributed by atoms with Gasteiger partial charge in [-0.3, -0.25) is 4.79 Å². The van der Waals surface area contributed by atoms with Crippen molar-refractivity contribution >= 4 is 23.0 Å². The molecule has 0 aliphatic carbocycles. The van der Waals surface area contributed by atoms with Gasteiger partial charge >= 0.3 is 12.0 Å². The summed E-state index contributed by atoms with van der Waals surface area (Å²) >= 11 is 1.65. The number of aromatic nitrogens is 4. The monoisotopic (exact) mass is 288 g/mol. The van der Waals surface area contributed by atoms with E-state index < -0.39 is 5.97 Å². The summed E-state index contributed by atoms with van der Waals surface area (Å²) < 4.78 is 6.46. The predicted octanol–water partition coefficient (Wildman–Crippen LogP) is 2.39. The van der Waals surface area contributed by atoms with E-state index in [1.54, 1.807) is 17.5 Å². The summed E-state index contributed by atoms with van der Waals surface area (Å²) in [6.07, 6.45) is 3.09. The number of ether oxygens (including phenoxy) is 1. The molecule has 3 aromatic heterocycles. The molecule has 0 aromatic carbocycles. The first-order chi connectivity index (χ1) is 9.58. The number of aryl methyl sites for hydroxylation is 1. The van der Waals surface area contributed by atoms with E-state index in [-0.39, 0.29) is 6.01 Å². The lowest BCUT2D eigenvalue weighted by molar-refractivity contribution is -0.132. The molecule has 0 fully saturated rings. The Balaban J connectivity index is 2.19. The largest absolute Gasteiger partial charge is 0.391 e. The van der Waals surface area contributed by atoms with Gasteiger partial charge in [0.1, 0.15) is 6.33 Å². The maximum absolute atomic E-state index is 11.1.